The van der Waals surface area contributed by atoms with Crippen molar-refractivity contribution in [3.05, 3.63) is 59.7 Å². The highest BCUT2D eigenvalue weighted by atomic mass is 19.4. The summed E-state index contributed by atoms with van der Waals surface area (Å²) >= 11 is 0. The molecule has 0 radical (unpaired) electrons. The van der Waals surface area contributed by atoms with Crippen LogP contribution in [0.3, 0.4) is 0 Å². The van der Waals surface area contributed by atoms with Crippen LogP contribution in [0.25, 0.3) is 11.1 Å². The molecule has 2 aromatic carbocycles. The number of carboxylic acid groups (broad SMARTS) is 1. The van der Waals surface area contributed by atoms with Crippen molar-refractivity contribution in [2.75, 3.05) is 26.3 Å². The van der Waals surface area contributed by atoms with Gasteiger partial charge in [0, 0.05) is 26.3 Å². The molecule has 1 atom stereocenters. The van der Waals surface area contributed by atoms with E-state index in [9.17, 15) is 32.3 Å². The molecule has 4 rings (SSSR count). The Kier molecular flexibility index (Phi) is 7.35. The van der Waals surface area contributed by atoms with E-state index in [4.69, 9.17) is 9.84 Å². The molecule has 2 aliphatic rings. The van der Waals surface area contributed by atoms with E-state index < -0.39 is 53.2 Å². The summed E-state index contributed by atoms with van der Waals surface area (Å²) in [6.45, 7) is 0.109. The maximum absolute atomic E-state index is 13.3. The van der Waals surface area contributed by atoms with Crippen LogP contribution in [0.5, 0.6) is 0 Å². The van der Waals surface area contributed by atoms with Gasteiger partial charge in [-0.25, -0.2) is 0 Å². The summed E-state index contributed by atoms with van der Waals surface area (Å²) in [7, 11) is 0. The monoisotopic (exact) mass is 518 g/mol. The molecule has 0 aliphatic carbocycles. The van der Waals surface area contributed by atoms with Crippen LogP contribution < -0.4 is 5.32 Å². The fourth-order valence-corrected chi connectivity index (χ4v) is 4.79. The fraction of sp³-hybridized carbons (Fsp3) is 0.385. The first-order valence-corrected chi connectivity index (χ1v) is 11.7. The Hall–Kier alpha value is -3.73. The zero-order valence-corrected chi connectivity index (χ0v) is 19.7. The zero-order chi connectivity index (χ0) is 26.8. The van der Waals surface area contributed by atoms with E-state index in [0.29, 0.717) is 42.7 Å². The van der Waals surface area contributed by atoms with Crippen molar-refractivity contribution in [1.29, 1.82) is 0 Å². The number of halogens is 3. The van der Waals surface area contributed by atoms with Gasteiger partial charge >= 0.3 is 12.1 Å². The molecule has 0 aromatic heterocycles. The molecule has 2 amide bonds. The number of ketones is 1. The highest BCUT2D eigenvalue weighted by Gasteiger charge is 2.54. The van der Waals surface area contributed by atoms with Crippen LogP contribution in [-0.2, 0) is 36.6 Å². The number of likely N-dealkylation sites (tertiary alicyclic amines) is 1. The van der Waals surface area contributed by atoms with Crippen molar-refractivity contribution in [2.24, 2.45) is 11.3 Å². The van der Waals surface area contributed by atoms with Gasteiger partial charge in [-0.3, -0.25) is 19.2 Å². The number of hydrogen-bond donors (Lipinski definition) is 2. The molecule has 2 aliphatic heterocycles. The van der Waals surface area contributed by atoms with Crippen LogP contribution in [0.1, 0.15) is 24.0 Å². The lowest BCUT2D eigenvalue weighted by Crippen LogP contribution is -2.62. The van der Waals surface area contributed by atoms with Crippen LogP contribution in [0.2, 0.25) is 0 Å². The minimum atomic E-state index is -4.42. The second-order valence-electron chi connectivity index (χ2n) is 9.27. The van der Waals surface area contributed by atoms with Crippen LogP contribution in [-0.4, -0.2) is 59.9 Å². The minimum Gasteiger partial charge on any atom is -0.480 e. The maximum Gasteiger partial charge on any atom is 0.416 e. The molecular weight excluding hydrogens is 493 g/mol. The number of aliphatic carboxylic acids is 1. The average molecular weight is 518 g/mol. The molecular formula is C26H25F3N2O6. The third kappa shape index (κ3) is 5.66. The molecule has 2 heterocycles. The highest BCUT2D eigenvalue weighted by molar-refractivity contribution is 6.21. The summed E-state index contributed by atoms with van der Waals surface area (Å²) in [5.74, 6) is -5.09. The second-order valence-corrected chi connectivity index (χ2v) is 9.27. The van der Waals surface area contributed by atoms with E-state index in [0.717, 1.165) is 12.1 Å². The summed E-state index contributed by atoms with van der Waals surface area (Å²) in [6.07, 6.45) is -3.74. The molecule has 1 unspecified atom stereocenters. The number of ether oxygens (including phenoxy) is 1. The zero-order valence-electron chi connectivity index (χ0n) is 19.7. The maximum atomic E-state index is 13.3. The van der Waals surface area contributed by atoms with E-state index in [2.05, 4.69) is 5.32 Å². The van der Waals surface area contributed by atoms with E-state index in [1.807, 2.05) is 0 Å². The van der Waals surface area contributed by atoms with Crippen LogP contribution in [0, 0.1) is 11.3 Å². The molecule has 0 bridgehead atoms. The number of alkyl halides is 3. The van der Waals surface area contributed by atoms with E-state index in [1.54, 1.807) is 24.3 Å². The molecule has 1 spiro atoms. The molecule has 8 nitrogen and oxygen atoms in total. The summed E-state index contributed by atoms with van der Waals surface area (Å²) in [5.41, 5.74) is 0.276. The number of rotatable bonds is 6. The molecule has 37 heavy (non-hydrogen) atoms. The Labute approximate surface area is 210 Å². The van der Waals surface area contributed by atoms with Crippen molar-refractivity contribution in [3.63, 3.8) is 0 Å². The SMILES string of the molecule is O=C(O)CNC(=O)C1C(=O)N(Cc2ccc(-c3ccc(C(F)(F)F)cc3)cc2)CC2(CCOCC2)C1=O. The number of benzene rings is 2. The number of carboxylic acids is 1. The first-order chi connectivity index (χ1) is 17.5. The van der Waals surface area contributed by atoms with Gasteiger partial charge in [-0.05, 0) is 41.7 Å². The molecule has 11 heteroatoms. The molecule has 2 saturated heterocycles. The van der Waals surface area contributed by atoms with Crippen molar-refractivity contribution in [3.8, 4) is 11.1 Å². The van der Waals surface area contributed by atoms with Gasteiger partial charge < -0.3 is 20.1 Å². The molecule has 2 fully saturated rings. The van der Waals surface area contributed by atoms with E-state index in [1.165, 1.54) is 17.0 Å². The summed E-state index contributed by atoms with van der Waals surface area (Å²) in [4.78, 5) is 51.5. The van der Waals surface area contributed by atoms with Gasteiger partial charge in [0.25, 0.3) is 0 Å². The van der Waals surface area contributed by atoms with Crippen LogP contribution >= 0.6 is 0 Å². The minimum absolute atomic E-state index is 0.102. The number of nitrogens with zero attached hydrogens (tertiary/aromatic N) is 1. The summed E-state index contributed by atoms with van der Waals surface area (Å²) in [5, 5.41) is 11.0. The van der Waals surface area contributed by atoms with Gasteiger partial charge in [-0.1, -0.05) is 36.4 Å². The predicted molar refractivity (Wildman–Crippen MR) is 124 cm³/mol. The molecule has 2 aromatic rings. The second kappa shape index (κ2) is 10.3. The number of carbonyl (C=O) groups is 4. The van der Waals surface area contributed by atoms with Gasteiger partial charge in [0.05, 0.1) is 11.0 Å². The highest BCUT2D eigenvalue weighted by Crippen LogP contribution is 2.40. The quantitative estimate of drug-likeness (QED) is 0.569. The van der Waals surface area contributed by atoms with Crippen molar-refractivity contribution < 1.29 is 42.2 Å². The van der Waals surface area contributed by atoms with E-state index in [-0.39, 0.29) is 13.1 Å². The summed E-state index contributed by atoms with van der Waals surface area (Å²) in [6, 6.07) is 11.7. The van der Waals surface area contributed by atoms with Gasteiger partial charge in [0.2, 0.25) is 11.8 Å². The number of nitrogens with one attached hydrogen (secondary N) is 1. The van der Waals surface area contributed by atoms with Gasteiger partial charge in [-0.15, -0.1) is 0 Å². The number of hydrogen-bond acceptors (Lipinski definition) is 5. The van der Waals surface area contributed by atoms with Gasteiger partial charge in [0.15, 0.2) is 11.7 Å². The smallest absolute Gasteiger partial charge is 0.416 e. The van der Waals surface area contributed by atoms with E-state index >= 15 is 0 Å². The van der Waals surface area contributed by atoms with Gasteiger partial charge in [-0.2, -0.15) is 13.2 Å². The van der Waals surface area contributed by atoms with Crippen LogP contribution in [0.15, 0.2) is 48.5 Å². The van der Waals surface area contributed by atoms with Crippen molar-refractivity contribution in [2.45, 2.75) is 25.6 Å². The largest absolute Gasteiger partial charge is 0.480 e. The Morgan fingerprint density at radius 2 is 1.57 bits per heavy atom. The summed E-state index contributed by atoms with van der Waals surface area (Å²) < 4.78 is 43.9. The lowest BCUT2D eigenvalue weighted by atomic mass is 9.68. The number of amides is 2. The molecule has 196 valence electrons. The predicted octanol–water partition coefficient (Wildman–Crippen LogP) is 2.90. The molecule has 2 N–H and O–H groups in total. The normalized spacial score (nSPS) is 19.6. The lowest BCUT2D eigenvalue weighted by molar-refractivity contribution is -0.164. The Morgan fingerprint density at radius 3 is 2.11 bits per heavy atom. The fourth-order valence-electron chi connectivity index (χ4n) is 4.79. The topological polar surface area (TPSA) is 113 Å². The first-order valence-electron chi connectivity index (χ1n) is 11.7. The standard InChI is InChI=1S/C26H25F3N2O6/c27-26(28,29)19-7-5-18(6-8-19)17-3-1-16(2-4-17)14-31-15-25(9-11-37-12-10-25)22(34)21(24(31)36)23(35)30-13-20(32)33/h1-8,21H,9-15H2,(H,30,35)(H,32,33). The molecule has 0 saturated carbocycles. The number of Topliss-reactive ketones (excluding diaryl/α,β-unsaturated/α-hetero) is 1. The number of carbonyl (C=O) groups excluding carboxylic acids is 3. The van der Waals surface area contributed by atoms with Gasteiger partial charge in [0.1, 0.15) is 6.54 Å². The third-order valence-electron chi connectivity index (χ3n) is 6.84. The van der Waals surface area contributed by atoms with Crippen LogP contribution in [0.4, 0.5) is 13.2 Å². The first kappa shape index (κ1) is 26.3. The Bertz CT molecular complexity index is 1190. The van der Waals surface area contributed by atoms with Crippen molar-refractivity contribution >= 4 is 23.6 Å². The van der Waals surface area contributed by atoms with Crippen molar-refractivity contribution in [1.82, 2.24) is 10.2 Å². The Balaban J connectivity index is 1.54. The number of piperidine rings is 1. The lowest BCUT2D eigenvalue weighted by Gasteiger charge is -2.45. The average Bonchev–Trinajstić information content (AvgIpc) is 2.87. The Morgan fingerprint density at radius 1 is 1.00 bits per heavy atom. The third-order valence-corrected chi connectivity index (χ3v) is 6.84.